The van der Waals surface area contributed by atoms with Crippen molar-refractivity contribution in [1.82, 2.24) is 0 Å². The van der Waals surface area contributed by atoms with Crippen LogP contribution in [0.1, 0.15) is 93.2 Å². The Kier molecular flexibility index (Phi) is 46.8. The molecule has 1 aliphatic rings. The quantitative estimate of drug-likeness (QED) is 0.00958. The van der Waals surface area contributed by atoms with Crippen LogP contribution >= 0.6 is 72.6 Å². The lowest BCUT2D eigenvalue weighted by Gasteiger charge is -2.37. The van der Waals surface area contributed by atoms with Gasteiger partial charge in [0.1, 0.15) is 54.8 Å². The van der Waals surface area contributed by atoms with E-state index in [-0.39, 0.29) is 47.6 Å². The van der Waals surface area contributed by atoms with Gasteiger partial charge in [0.15, 0.2) is 0 Å². The zero-order valence-electron chi connectivity index (χ0n) is 55.9. The number of aliphatic hydroxyl groups excluding tert-OH is 1. The Morgan fingerprint density at radius 2 is 0.804 bits per heavy atom. The van der Waals surface area contributed by atoms with Gasteiger partial charge in [-0.15, -0.1) is 0 Å². The second-order valence-electron chi connectivity index (χ2n) is 21.0. The lowest BCUT2D eigenvalue weighted by atomic mass is 9.80. The number of nitrogens with zero attached hydrogens (tertiary/aromatic N) is 1. The van der Waals surface area contributed by atoms with E-state index in [1.54, 1.807) is 71.4 Å². The Balaban J connectivity index is 0.000000449. The Morgan fingerprint density at radius 1 is 0.474 bits per heavy atom. The monoisotopic (exact) mass is 1470 g/mol. The van der Waals surface area contributed by atoms with Crippen LogP contribution in [0.4, 0.5) is 0 Å². The van der Waals surface area contributed by atoms with Crippen molar-refractivity contribution in [3.63, 3.8) is 0 Å². The molecular weight excluding hydrogens is 1360 g/mol. The first-order chi connectivity index (χ1) is 46.5. The van der Waals surface area contributed by atoms with Gasteiger partial charge >= 0.3 is 7.82 Å². The fourth-order valence-electron chi connectivity index (χ4n) is 9.72. The highest BCUT2D eigenvalue weighted by atomic mass is 33.1. The van der Waals surface area contributed by atoms with Crippen LogP contribution < -0.4 is 18.9 Å². The van der Waals surface area contributed by atoms with Crippen molar-refractivity contribution in [1.29, 1.82) is 0 Å². The molecule has 1 heterocycles. The molecule has 0 amide bonds. The summed E-state index contributed by atoms with van der Waals surface area (Å²) in [5.41, 5.74) is 3.94. The van der Waals surface area contributed by atoms with Crippen molar-refractivity contribution in [2.45, 2.75) is 89.2 Å². The zero-order chi connectivity index (χ0) is 68.1. The Bertz CT molecular complexity index is 2900. The molecule has 6 aromatic rings. The molecule has 7 rings (SSSR count). The van der Waals surface area contributed by atoms with Crippen LogP contribution in [0.5, 0.6) is 23.0 Å². The van der Waals surface area contributed by atoms with Gasteiger partial charge in [-0.3, -0.25) is 13.6 Å². The summed E-state index contributed by atoms with van der Waals surface area (Å²) in [5, 5.41) is 8.46. The van der Waals surface area contributed by atoms with Crippen LogP contribution in [0.15, 0.2) is 158 Å². The molecule has 0 bridgehead atoms. The first-order valence-corrected chi connectivity index (χ1v) is 40.6. The lowest BCUT2D eigenvalue weighted by Crippen LogP contribution is -2.38. The maximum atomic E-state index is 13.9. The summed E-state index contributed by atoms with van der Waals surface area (Å²) in [4.78, 5) is 3.31. The van der Waals surface area contributed by atoms with E-state index in [0.29, 0.717) is 31.1 Å². The van der Waals surface area contributed by atoms with Crippen LogP contribution in [0.3, 0.4) is 0 Å². The van der Waals surface area contributed by atoms with E-state index in [2.05, 4.69) is 53.4 Å². The predicted molar refractivity (Wildman–Crippen MR) is 410 cm³/mol. The third-order valence-electron chi connectivity index (χ3n) is 14.4. The largest absolute Gasteiger partial charge is 0.497 e. The number of phosphoric acid groups is 1. The van der Waals surface area contributed by atoms with Gasteiger partial charge < -0.3 is 57.3 Å². The highest BCUT2D eigenvalue weighted by molar-refractivity contribution is 8.77. The van der Waals surface area contributed by atoms with Crippen LogP contribution in [0.25, 0.3) is 4.85 Å². The first kappa shape index (κ1) is 87.2. The third-order valence-corrected chi connectivity index (χ3v) is 23.7. The Labute approximate surface area is 605 Å². The lowest BCUT2D eigenvalue weighted by molar-refractivity contribution is -0.0744. The molecule has 16 nitrogen and oxygen atoms in total. The molecule has 6 aromatic carbocycles. The van der Waals surface area contributed by atoms with Gasteiger partial charge in [-0.1, -0.05) is 189 Å². The van der Waals surface area contributed by atoms with Gasteiger partial charge in [-0.05, 0) is 127 Å². The van der Waals surface area contributed by atoms with Crippen molar-refractivity contribution in [2.24, 2.45) is 0 Å². The molecule has 2 radical (unpaired) electrons. The second kappa shape index (κ2) is 52.0. The average molecular weight is 1470 g/mol. The van der Waals surface area contributed by atoms with Gasteiger partial charge in [-0.2, -0.15) is 0 Å². The van der Waals surface area contributed by atoms with E-state index in [4.69, 9.17) is 80.5 Å². The Morgan fingerprint density at radius 3 is 1.15 bits per heavy atom. The van der Waals surface area contributed by atoms with Gasteiger partial charge in [0, 0.05) is 94.9 Å². The molecule has 0 saturated carbocycles. The molecule has 2 unspecified atom stereocenters. The van der Waals surface area contributed by atoms with E-state index in [1.807, 2.05) is 152 Å². The van der Waals surface area contributed by atoms with Gasteiger partial charge in [0.25, 0.3) is 0 Å². The summed E-state index contributed by atoms with van der Waals surface area (Å²) >= 11 is 0. The SMILES string of the molecule is C.C.COCCCSSCCCO.COCCCSSCCCOC(c1ccccc1)(c1ccc(OC)cc1)c1ccc(OC)cc1.[B][C@H]1CC(OP(=O)(OCCCSSCCCOC)OCC[N+]#[C-])[C@@H](COC(c2ccccc2)(c2ccc(OC)cc2)c2ccc(OC)cc2)O1. The standard InChI is InChI=1S/C36H45BNO9PS2.C28H34O4S2.C7H16O2S2.2CH4/c1-38-20-23-45-48(39,44-22-9-25-50-49-24-8-21-40-2)47-33-26-35(37)46-34(33)27-43-36(28-10-6-5-7-11-28,29-12-16-31(41-3)17-13-29)30-14-18-32(42-4)19-15-30;1-29-19-7-21-33-34-22-8-20-32-28(23-9-5-4-6-10-23,24-11-15-26(30-2)16-12-24)25-13-17-27(31-3)18-14-25;1-9-5-3-7-11-10-6-2-4-8;;/h5-7,10-19,33-35H,8-9,20-27H2,2-4H3;4-6,9-18H,7-8,19-22H2,1-3H3;8H,2-7H2,1H3;2*1H4/t33?,34-,35-,48?;;;;/m1..../s1. The third kappa shape index (κ3) is 30.2. The fraction of sp³-hybridized carbons (Fsp3) is 0.493. The topological polar surface area (TPSA) is 162 Å². The zero-order valence-corrected chi connectivity index (χ0v) is 61.7. The van der Waals surface area contributed by atoms with Crippen LogP contribution in [0.2, 0.25) is 0 Å². The number of ether oxygens (including phenoxy) is 10. The molecule has 4 atom stereocenters. The molecule has 1 N–H and O–H groups in total. The molecule has 1 fully saturated rings. The van der Waals surface area contributed by atoms with E-state index in [1.165, 1.54) is 0 Å². The highest BCUT2D eigenvalue weighted by Gasteiger charge is 2.45. The number of benzene rings is 6. The van der Waals surface area contributed by atoms with E-state index >= 15 is 0 Å². The second-order valence-corrected chi connectivity index (χ2v) is 30.7. The van der Waals surface area contributed by atoms with E-state index in [9.17, 15) is 4.57 Å². The normalized spacial score (nSPS) is 14.8. The molecule has 534 valence electrons. The smallest absolute Gasteiger partial charge is 0.475 e. The summed E-state index contributed by atoms with van der Waals surface area (Å²) in [7, 11) is 25.0. The number of aliphatic hydroxyl groups is 1. The molecule has 0 spiro atoms. The highest BCUT2D eigenvalue weighted by Crippen LogP contribution is 2.53. The number of methoxy groups -OCH3 is 7. The predicted octanol–water partition coefficient (Wildman–Crippen LogP) is 17.4. The van der Waals surface area contributed by atoms with Crippen LogP contribution in [-0.2, 0) is 57.8 Å². The van der Waals surface area contributed by atoms with Crippen molar-refractivity contribution < 1.29 is 70.6 Å². The van der Waals surface area contributed by atoms with Crippen LogP contribution in [-0.4, -0.2) is 175 Å². The minimum Gasteiger partial charge on any atom is -0.497 e. The number of rotatable bonds is 46. The van der Waals surface area contributed by atoms with Crippen molar-refractivity contribution in [2.75, 3.05) is 144 Å². The fourth-order valence-corrected chi connectivity index (χ4v) is 17.5. The minimum atomic E-state index is -4.08. The van der Waals surface area contributed by atoms with E-state index < -0.39 is 37.2 Å². The van der Waals surface area contributed by atoms with Crippen LogP contribution in [0, 0.1) is 6.57 Å². The summed E-state index contributed by atoms with van der Waals surface area (Å²) in [6, 6.07) is 51.4. The molecule has 24 heteroatoms. The van der Waals surface area contributed by atoms with Crippen molar-refractivity contribution in [3.05, 3.63) is 203 Å². The molecule has 97 heavy (non-hydrogen) atoms. The first-order valence-electron chi connectivity index (χ1n) is 31.6. The van der Waals surface area contributed by atoms with E-state index in [0.717, 1.165) is 131 Å². The van der Waals surface area contributed by atoms with Gasteiger partial charge in [0.05, 0.1) is 47.8 Å². The number of phosphoric ester groups is 1. The maximum absolute atomic E-state index is 13.9. The summed E-state index contributed by atoms with van der Waals surface area (Å²) < 4.78 is 88.2. The van der Waals surface area contributed by atoms with Crippen molar-refractivity contribution in [3.8, 4) is 23.0 Å². The van der Waals surface area contributed by atoms with Crippen molar-refractivity contribution >= 4 is 80.4 Å². The van der Waals surface area contributed by atoms with Gasteiger partial charge in [-0.25, -0.2) is 11.1 Å². The summed E-state index contributed by atoms with van der Waals surface area (Å²) in [6.45, 7) is 10.6. The molecule has 0 aromatic heterocycles. The number of hydrogen-bond donors (Lipinski definition) is 1. The minimum absolute atomic E-state index is 0. The molecule has 1 aliphatic heterocycles. The molecular formula is C73H103BNO15PS6. The maximum Gasteiger partial charge on any atom is 0.475 e. The van der Waals surface area contributed by atoms with Gasteiger partial charge in [0.2, 0.25) is 6.54 Å². The number of hydrogen-bond acceptors (Lipinski definition) is 21. The summed E-state index contributed by atoms with van der Waals surface area (Å²) in [6.07, 6.45) is 4.43. The summed E-state index contributed by atoms with van der Waals surface area (Å²) in [5.74, 6) is 9.16. The Hall–Kier alpha value is -4.00. The average Bonchev–Trinajstić information content (AvgIpc) is 0.775. The molecule has 0 aliphatic carbocycles. The molecule has 1 saturated heterocycles.